The van der Waals surface area contributed by atoms with Crippen LogP contribution in [0, 0.1) is 13.8 Å². The molecule has 1 aromatic heterocycles. The SMILES string of the molecule is Cc1cccc(OCCNC(=O)N2CCC(c3nc(C)no3)CC2)c1. The van der Waals surface area contributed by atoms with Crippen molar-refractivity contribution >= 4 is 6.03 Å². The molecular formula is C18H24N4O3. The van der Waals surface area contributed by atoms with E-state index < -0.39 is 0 Å². The Balaban J connectivity index is 1.36. The first-order valence-corrected chi connectivity index (χ1v) is 8.64. The molecule has 0 saturated carbocycles. The van der Waals surface area contributed by atoms with E-state index in [9.17, 15) is 4.79 Å². The molecule has 134 valence electrons. The van der Waals surface area contributed by atoms with Gasteiger partial charge in [-0.05, 0) is 44.4 Å². The molecule has 0 atom stereocenters. The van der Waals surface area contributed by atoms with Gasteiger partial charge in [-0.2, -0.15) is 4.98 Å². The van der Waals surface area contributed by atoms with Gasteiger partial charge in [0.05, 0.1) is 6.54 Å². The average Bonchev–Trinajstić information content (AvgIpc) is 3.05. The molecule has 25 heavy (non-hydrogen) atoms. The minimum Gasteiger partial charge on any atom is -0.492 e. The van der Waals surface area contributed by atoms with Crippen LogP contribution in [0.15, 0.2) is 28.8 Å². The number of aromatic nitrogens is 2. The Morgan fingerprint density at radius 2 is 2.16 bits per heavy atom. The first kappa shape index (κ1) is 17.3. The van der Waals surface area contributed by atoms with Crippen LogP contribution < -0.4 is 10.1 Å². The van der Waals surface area contributed by atoms with Crippen molar-refractivity contribution < 1.29 is 14.1 Å². The van der Waals surface area contributed by atoms with Crippen molar-refractivity contribution in [2.75, 3.05) is 26.2 Å². The molecule has 1 aliphatic rings. The number of nitrogens with one attached hydrogen (secondary N) is 1. The predicted octanol–water partition coefficient (Wildman–Crippen LogP) is 2.65. The van der Waals surface area contributed by atoms with Crippen molar-refractivity contribution in [3.63, 3.8) is 0 Å². The quantitative estimate of drug-likeness (QED) is 0.844. The third kappa shape index (κ3) is 4.71. The third-order valence-corrected chi connectivity index (χ3v) is 4.31. The summed E-state index contributed by atoms with van der Waals surface area (Å²) < 4.78 is 10.9. The van der Waals surface area contributed by atoms with Crippen molar-refractivity contribution in [3.05, 3.63) is 41.5 Å². The Morgan fingerprint density at radius 3 is 2.84 bits per heavy atom. The number of likely N-dealkylation sites (tertiary alicyclic amines) is 1. The standard InChI is InChI=1S/C18H24N4O3/c1-13-4-3-5-16(12-13)24-11-8-19-18(23)22-9-6-15(7-10-22)17-20-14(2)21-25-17/h3-5,12,15H,6-11H2,1-2H3,(H,19,23). The van der Waals surface area contributed by atoms with Crippen molar-refractivity contribution in [1.82, 2.24) is 20.4 Å². The van der Waals surface area contributed by atoms with Crippen LogP contribution in [0.5, 0.6) is 5.75 Å². The summed E-state index contributed by atoms with van der Waals surface area (Å²) in [5, 5.41) is 6.74. The molecule has 2 amide bonds. The van der Waals surface area contributed by atoms with E-state index in [-0.39, 0.29) is 11.9 Å². The molecule has 2 aromatic rings. The number of piperidine rings is 1. The number of carbonyl (C=O) groups excluding carboxylic acids is 1. The van der Waals surface area contributed by atoms with Gasteiger partial charge in [0.25, 0.3) is 0 Å². The molecule has 7 heteroatoms. The predicted molar refractivity (Wildman–Crippen MR) is 92.7 cm³/mol. The van der Waals surface area contributed by atoms with E-state index >= 15 is 0 Å². The van der Waals surface area contributed by atoms with Crippen LogP contribution in [0.1, 0.15) is 36.0 Å². The number of amides is 2. The lowest BCUT2D eigenvalue weighted by molar-refractivity contribution is 0.173. The Hall–Kier alpha value is -2.57. The zero-order chi connectivity index (χ0) is 17.6. The Bertz CT molecular complexity index is 708. The van der Waals surface area contributed by atoms with Crippen LogP contribution in [-0.4, -0.2) is 47.3 Å². The highest BCUT2D eigenvalue weighted by atomic mass is 16.5. The second kappa shape index (κ2) is 8.00. The normalized spacial score (nSPS) is 15.2. The smallest absolute Gasteiger partial charge is 0.317 e. The van der Waals surface area contributed by atoms with Gasteiger partial charge in [0.15, 0.2) is 5.82 Å². The number of hydrogen-bond acceptors (Lipinski definition) is 5. The monoisotopic (exact) mass is 344 g/mol. The van der Waals surface area contributed by atoms with Gasteiger partial charge in [0, 0.05) is 19.0 Å². The van der Waals surface area contributed by atoms with E-state index in [1.165, 1.54) is 0 Å². The summed E-state index contributed by atoms with van der Waals surface area (Å²) in [5.74, 6) is 2.41. The van der Waals surface area contributed by atoms with Gasteiger partial charge in [-0.25, -0.2) is 4.79 Å². The molecule has 0 radical (unpaired) electrons. The Labute approximate surface area is 147 Å². The van der Waals surface area contributed by atoms with Gasteiger partial charge < -0.3 is 19.5 Å². The average molecular weight is 344 g/mol. The van der Waals surface area contributed by atoms with Gasteiger partial charge in [0.1, 0.15) is 12.4 Å². The van der Waals surface area contributed by atoms with Crippen LogP contribution in [0.25, 0.3) is 0 Å². The van der Waals surface area contributed by atoms with Crippen LogP contribution in [0.3, 0.4) is 0 Å². The Morgan fingerprint density at radius 1 is 1.36 bits per heavy atom. The van der Waals surface area contributed by atoms with Crippen LogP contribution in [-0.2, 0) is 0 Å². The second-order valence-corrected chi connectivity index (χ2v) is 6.34. The first-order chi connectivity index (χ1) is 12.1. The fourth-order valence-electron chi connectivity index (χ4n) is 2.95. The molecular weight excluding hydrogens is 320 g/mol. The lowest BCUT2D eigenvalue weighted by Gasteiger charge is -2.30. The summed E-state index contributed by atoms with van der Waals surface area (Å²) in [4.78, 5) is 18.3. The van der Waals surface area contributed by atoms with Crippen molar-refractivity contribution in [3.8, 4) is 5.75 Å². The molecule has 1 N–H and O–H groups in total. The number of nitrogens with zero attached hydrogens (tertiary/aromatic N) is 3. The van der Waals surface area contributed by atoms with E-state index in [1.807, 2.05) is 43.0 Å². The van der Waals surface area contributed by atoms with Crippen molar-refractivity contribution in [1.29, 1.82) is 0 Å². The van der Waals surface area contributed by atoms with Gasteiger partial charge >= 0.3 is 6.03 Å². The summed E-state index contributed by atoms with van der Waals surface area (Å²) in [5.41, 5.74) is 1.15. The van der Waals surface area contributed by atoms with Gasteiger partial charge in [0.2, 0.25) is 5.89 Å². The summed E-state index contributed by atoms with van der Waals surface area (Å²) in [6.07, 6.45) is 1.68. The molecule has 0 bridgehead atoms. The Kier molecular flexibility index (Phi) is 5.53. The van der Waals surface area contributed by atoms with Gasteiger partial charge in [-0.1, -0.05) is 17.3 Å². The highest BCUT2D eigenvalue weighted by Crippen LogP contribution is 2.26. The minimum atomic E-state index is -0.0481. The van der Waals surface area contributed by atoms with Crippen molar-refractivity contribution in [2.24, 2.45) is 0 Å². The number of rotatable bonds is 5. The van der Waals surface area contributed by atoms with E-state index in [0.29, 0.717) is 38.0 Å². The number of ether oxygens (including phenoxy) is 1. The lowest BCUT2D eigenvalue weighted by Crippen LogP contribution is -2.45. The number of hydrogen-bond donors (Lipinski definition) is 1. The van der Waals surface area contributed by atoms with Gasteiger partial charge in [-0.3, -0.25) is 0 Å². The molecule has 2 heterocycles. The molecule has 7 nitrogen and oxygen atoms in total. The van der Waals surface area contributed by atoms with E-state index in [4.69, 9.17) is 9.26 Å². The summed E-state index contributed by atoms with van der Waals surface area (Å²) in [6.45, 7) is 6.15. The lowest BCUT2D eigenvalue weighted by atomic mass is 9.97. The van der Waals surface area contributed by atoms with Crippen LogP contribution in [0.4, 0.5) is 4.79 Å². The highest BCUT2D eigenvalue weighted by Gasteiger charge is 2.26. The van der Waals surface area contributed by atoms with E-state index in [2.05, 4.69) is 15.5 Å². The minimum absolute atomic E-state index is 0.0481. The summed E-state index contributed by atoms with van der Waals surface area (Å²) >= 11 is 0. The van der Waals surface area contributed by atoms with E-state index in [1.54, 1.807) is 0 Å². The molecule has 1 saturated heterocycles. The maximum atomic E-state index is 12.2. The maximum Gasteiger partial charge on any atom is 0.317 e. The third-order valence-electron chi connectivity index (χ3n) is 4.31. The molecule has 0 spiro atoms. The summed E-state index contributed by atoms with van der Waals surface area (Å²) in [7, 11) is 0. The molecule has 0 aliphatic carbocycles. The van der Waals surface area contributed by atoms with Gasteiger partial charge in [-0.15, -0.1) is 0 Å². The van der Waals surface area contributed by atoms with Crippen LogP contribution >= 0.6 is 0 Å². The molecule has 1 fully saturated rings. The molecule has 3 rings (SSSR count). The van der Waals surface area contributed by atoms with Crippen molar-refractivity contribution in [2.45, 2.75) is 32.6 Å². The molecule has 1 aromatic carbocycles. The van der Waals surface area contributed by atoms with Crippen LogP contribution in [0.2, 0.25) is 0 Å². The molecule has 0 unspecified atom stereocenters. The number of urea groups is 1. The van der Waals surface area contributed by atoms with E-state index in [0.717, 1.165) is 24.2 Å². The highest BCUT2D eigenvalue weighted by molar-refractivity contribution is 5.74. The second-order valence-electron chi connectivity index (χ2n) is 6.34. The number of benzene rings is 1. The largest absolute Gasteiger partial charge is 0.492 e. The maximum absolute atomic E-state index is 12.2. The summed E-state index contributed by atoms with van der Waals surface area (Å²) in [6, 6.07) is 7.82. The number of aryl methyl sites for hydroxylation is 2. The topological polar surface area (TPSA) is 80.5 Å². The zero-order valence-electron chi connectivity index (χ0n) is 14.7. The first-order valence-electron chi connectivity index (χ1n) is 8.64. The number of carbonyl (C=O) groups is 1. The fourth-order valence-corrected chi connectivity index (χ4v) is 2.95. The zero-order valence-corrected chi connectivity index (χ0v) is 14.7. The fraction of sp³-hybridized carbons (Fsp3) is 0.500. The molecule has 1 aliphatic heterocycles.